The van der Waals surface area contributed by atoms with Crippen molar-refractivity contribution in [3.05, 3.63) is 12.2 Å². The van der Waals surface area contributed by atoms with Gasteiger partial charge in [-0.15, -0.1) is 0 Å². The summed E-state index contributed by atoms with van der Waals surface area (Å²) in [6, 6.07) is 0.710. The van der Waals surface area contributed by atoms with Gasteiger partial charge in [-0.25, -0.2) is 0 Å². The van der Waals surface area contributed by atoms with Gasteiger partial charge >= 0.3 is 0 Å². The molecule has 72 valence electrons. The molecule has 1 saturated carbocycles. The van der Waals surface area contributed by atoms with Crippen molar-refractivity contribution in [3.8, 4) is 0 Å². The van der Waals surface area contributed by atoms with Gasteiger partial charge in [-0.2, -0.15) is 0 Å². The summed E-state index contributed by atoms with van der Waals surface area (Å²) < 4.78 is 0. The van der Waals surface area contributed by atoms with Gasteiger partial charge in [-0.05, 0) is 30.6 Å². The first-order valence-electron chi connectivity index (χ1n) is 5.48. The third-order valence-electron chi connectivity index (χ3n) is 4.57. The third-order valence-corrected chi connectivity index (χ3v) is 4.57. The summed E-state index contributed by atoms with van der Waals surface area (Å²) in [4.78, 5) is 0. The highest BCUT2D eigenvalue weighted by molar-refractivity contribution is 5.18. The Bertz CT molecular complexity index is 244. The molecule has 0 aromatic rings. The van der Waals surface area contributed by atoms with E-state index in [9.17, 15) is 0 Å². The van der Waals surface area contributed by atoms with Gasteiger partial charge in [-0.1, -0.05) is 19.1 Å². The lowest BCUT2D eigenvalue weighted by atomic mass is 9.54. The topological polar surface area (TPSA) is 24.1 Å². The van der Waals surface area contributed by atoms with Crippen molar-refractivity contribution in [2.75, 3.05) is 6.54 Å². The first-order valence-corrected chi connectivity index (χ1v) is 5.48. The van der Waals surface area contributed by atoms with Gasteiger partial charge in [0, 0.05) is 18.5 Å². The molecule has 2 fully saturated rings. The van der Waals surface area contributed by atoms with E-state index in [0.29, 0.717) is 11.5 Å². The molecule has 3 rings (SSSR count). The second-order valence-corrected chi connectivity index (χ2v) is 4.96. The smallest absolute Gasteiger partial charge is 0.0419 e. The van der Waals surface area contributed by atoms with Crippen molar-refractivity contribution >= 4 is 0 Å². The minimum absolute atomic E-state index is 0.653. The van der Waals surface area contributed by atoms with Crippen LogP contribution in [-0.4, -0.2) is 12.6 Å². The van der Waals surface area contributed by atoms with Gasteiger partial charge in [0.05, 0.1) is 0 Å². The Hall–Kier alpha value is -0.340. The first kappa shape index (κ1) is 8.01. The fraction of sp³-hybridized carbons (Fsp3) is 0.818. The van der Waals surface area contributed by atoms with E-state index in [1.807, 2.05) is 0 Å². The molecule has 1 spiro atoms. The highest BCUT2D eigenvalue weighted by atomic mass is 15.5. The zero-order valence-electron chi connectivity index (χ0n) is 8.22. The summed E-state index contributed by atoms with van der Waals surface area (Å²) in [7, 11) is 0. The van der Waals surface area contributed by atoms with Crippen molar-refractivity contribution in [3.63, 3.8) is 0 Å². The molecule has 0 amide bonds. The summed E-state index contributed by atoms with van der Waals surface area (Å²) in [6.07, 6.45) is 9.08. The Kier molecular flexibility index (Phi) is 1.59. The number of hydrogen-bond acceptors (Lipinski definition) is 2. The lowest BCUT2D eigenvalue weighted by Crippen LogP contribution is -2.65. The van der Waals surface area contributed by atoms with Crippen molar-refractivity contribution in [2.24, 2.45) is 17.3 Å². The molecule has 0 aromatic heterocycles. The summed E-state index contributed by atoms with van der Waals surface area (Å²) in [5, 5.41) is 0. The van der Waals surface area contributed by atoms with Crippen LogP contribution in [0.4, 0.5) is 0 Å². The molecule has 3 aliphatic rings. The van der Waals surface area contributed by atoms with Crippen molar-refractivity contribution in [1.82, 2.24) is 10.9 Å². The Balaban J connectivity index is 1.81. The predicted octanol–water partition coefficient (Wildman–Crippen LogP) is 1.46. The van der Waals surface area contributed by atoms with Crippen LogP contribution < -0.4 is 10.9 Å². The zero-order valence-corrected chi connectivity index (χ0v) is 8.22. The van der Waals surface area contributed by atoms with E-state index in [4.69, 9.17) is 0 Å². The zero-order chi connectivity index (χ0) is 8.89. The molecule has 2 unspecified atom stereocenters. The fourth-order valence-electron chi connectivity index (χ4n) is 3.34. The minimum atomic E-state index is 0.653. The van der Waals surface area contributed by atoms with Crippen LogP contribution in [0.15, 0.2) is 12.2 Å². The number of rotatable bonds is 1. The molecule has 1 saturated heterocycles. The largest absolute Gasteiger partial charge is 0.256 e. The average Bonchev–Trinajstić information content (AvgIpc) is 2.45. The van der Waals surface area contributed by atoms with E-state index in [2.05, 4.69) is 29.9 Å². The molecule has 13 heavy (non-hydrogen) atoms. The van der Waals surface area contributed by atoms with Crippen LogP contribution in [0.5, 0.6) is 0 Å². The van der Waals surface area contributed by atoms with Crippen LogP contribution in [0.25, 0.3) is 0 Å². The summed E-state index contributed by atoms with van der Waals surface area (Å²) >= 11 is 0. The quantitative estimate of drug-likeness (QED) is 0.594. The maximum Gasteiger partial charge on any atom is 0.0419 e. The number of nitrogens with one attached hydrogen (secondary N) is 2. The molecule has 1 aliphatic heterocycles. The van der Waals surface area contributed by atoms with Crippen LogP contribution in [0.3, 0.4) is 0 Å². The lowest BCUT2D eigenvalue weighted by Gasteiger charge is -2.53. The lowest BCUT2D eigenvalue weighted by molar-refractivity contribution is -0.0183. The predicted molar refractivity (Wildman–Crippen MR) is 53.0 cm³/mol. The Morgan fingerprint density at radius 1 is 1.46 bits per heavy atom. The van der Waals surface area contributed by atoms with Crippen LogP contribution in [0, 0.1) is 17.3 Å². The molecular weight excluding hydrogens is 160 g/mol. The van der Waals surface area contributed by atoms with Gasteiger partial charge in [0.25, 0.3) is 0 Å². The van der Waals surface area contributed by atoms with Crippen LogP contribution in [0.2, 0.25) is 0 Å². The van der Waals surface area contributed by atoms with E-state index in [0.717, 1.165) is 18.4 Å². The van der Waals surface area contributed by atoms with Gasteiger partial charge in [0.1, 0.15) is 0 Å². The Morgan fingerprint density at radius 2 is 2.31 bits per heavy atom. The van der Waals surface area contributed by atoms with Crippen molar-refractivity contribution < 1.29 is 0 Å². The van der Waals surface area contributed by atoms with Crippen molar-refractivity contribution in [1.29, 1.82) is 0 Å². The van der Waals surface area contributed by atoms with Crippen molar-refractivity contribution in [2.45, 2.75) is 32.2 Å². The molecule has 0 radical (unpaired) electrons. The van der Waals surface area contributed by atoms with Crippen LogP contribution in [-0.2, 0) is 0 Å². The molecule has 2 aliphatic carbocycles. The van der Waals surface area contributed by atoms with E-state index in [1.165, 1.54) is 19.3 Å². The van der Waals surface area contributed by atoms with Gasteiger partial charge in [0.15, 0.2) is 0 Å². The average molecular weight is 178 g/mol. The second kappa shape index (κ2) is 2.58. The maximum absolute atomic E-state index is 3.33. The van der Waals surface area contributed by atoms with Gasteiger partial charge < -0.3 is 0 Å². The summed E-state index contributed by atoms with van der Waals surface area (Å²) in [6.45, 7) is 3.58. The van der Waals surface area contributed by atoms with Gasteiger partial charge in [0.2, 0.25) is 0 Å². The number of hydrazine groups is 1. The maximum atomic E-state index is 3.33. The SMILES string of the molecule is CC1CCC12CC=C[C@H]2[C@@H]1CNN1. The number of hydrogen-bond donors (Lipinski definition) is 2. The molecule has 4 atom stereocenters. The minimum Gasteiger partial charge on any atom is -0.256 e. The summed E-state index contributed by atoms with van der Waals surface area (Å²) in [5.74, 6) is 1.74. The first-order chi connectivity index (χ1) is 6.33. The van der Waals surface area contributed by atoms with Crippen LogP contribution >= 0.6 is 0 Å². The third kappa shape index (κ3) is 0.906. The molecule has 0 aromatic carbocycles. The van der Waals surface area contributed by atoms with E-state index < -0.39 is 0 Å². The summed E-state index contributed by atoms with van der Waals surface area (Å²) in [5.41, 5.74) is 7.14. The standard InChI is InChI=1S/C11H18N2/c1-8-4-6-11(8)5-2-3-9(11)10-7-12-13-10/h2-3,8-10,12-13H,4-7H2,1H3/t8?,9-,10-,11?/m0/s1. The monoisotopic (exact) mass is 178 g/mol. The Morgan fingerprint density at radius 3 is 2.77 bits per heavy atom. The van der Waals surface area contributed by atoms with E-state index in [1.54, 1.807) is 0 Å². The molecule has 0 bridgehead atoms. The second-order valence-electron chi connectivity index (χ2n) is 4.96. The molecule has 2 nitrogen and oxygen atoms in total. The van der Waals surface area contributed by atoms with Gasteiger partial charge in [-0.3, -0.25) is 10.9 Å². The molecule has 2 N–H and O–H groups in total. The molecular formula is C11H18N2. The highest BCUT2D eigenvalue weighted by Crippen LogP contribution is 2.58. The van der Waals surface area contributed by atoms with Crippen LogP contribution in [0.1, 0.15) is 26.2 Å². The Labute approximate surface area is 79.8 Å². The highest BCUT2D eigenvalue weighted by Gasteiger charge is 2.53. The normalized spacial score (nSPS) is 53.5. The fourth-order valence-corrected chi connectivity index (χ4v) is 3.34. The molecule has 1 heterocycles. The number of allylic oxidation sites excluding steroid dienone is 1. The molecule has 2 heteroatoms. The van der Waals surface area contributed by atoms with E-state index in [-0.39, 0.29) is 0 Å². The van der Waals surface area contributed by atoms with E-state index >= 15 is 0 Å².